The molecule has 2 N–H and O–H groups in total. The highest BCUT2D eigenvalue weighted by molar-refractivity contribution is 6.10. The molecule has 0 aliphatic rings. The third-order valence-corrected chi connectivity index (χ3v) is 3.84. The summed E-state index contributed by atoms with van der Waals surface area (Å²) >= 11 is 0. The standard InChI is InChI=1S/C18H22N2O2/c1-5-18(3,4)20-17(22)15-10-14(11-19-15)16(21)13-8-6-12(2)7-9-13/h6-11,19H,5H2,1-4H3,(H,20,22). The van der Waals surface area contributed by atoms with Crippen molar-refractivity contribution in [3.8, 4) is 0 Å². The SMILES string of the molecule is CCC(C)(C)NC(=O)c1cc(C(=O)c2ccc(C)cc2)c[nH]1. The molecule has 0 aliphatic carbocycles. The Morgan fingerprint density at radius 1 is 1.14 bits per heavy atom. The molecule has 0 aliphatic heterocycles. The van der Waals surface area contributed by atoms with E-state index in [4.69, 9.17) is 0 Å². The number of H-pyrrole nitrogens is 1. The van der Waals surface area contributed by atoms with Gasteiger partial charge in [-0.2, -0.15) is 0 Å². The molecule has 1 aromatic carbocycles. The second-order valence-corrected chi connectivity index (χ2v) is 6.19. The van der Waals surface area contributed by atoms with E-state index in [-0.39, 0.29) is 17.2 Å². The number of aromatic nitrogens is 1. The summed E-state index contributed by atoms with van der Waals surface area (Å²) in [5, 5.41) is 2.94. The number of carbonyl (C=O) groups excluding carboxylic acids is 2. The number of rotatable bonds is 5. The number of nitrogens with one attached hydrogen (secondary N) is 2. The molecule has 0 fully saturated rings. The molecule has 0 bridgehead atoms. The average Bonchev–Trinajstić information content (AvgIpc) is 2.97. The fourth-order valence-electron chi connectivity index (χ4n) is 1.99. The summed E-state index contributed by atoms with van der Waals surface area (Å²) in [5.41, 5.74) is 2.33. The first kappa shape index (κ1) is 16.0. The zero-order chi connectivity index (χ0) is 16.3. The Kier molecular flexibility index (Phi) is 4.50. The highest BCUT2D eigenvalue weighted by Crippen LogP contribution is 2.14. The van der Waals surface area contributed by atoms with E-state index in [2.05, 4.69) is 10.3 Å². The van der Waals surface area contributed by atoms with Crippen LogP contribution >= 0.6 is 0 Å². The Morgan fingerprint density at radius 2 is 1.77 bits per heavy atom. The van der Waals surface area contributed by atoms with Crippen LogP contribution in [0.2, 0.25) is 0 Å². The summed E-state index contributed by atoms with van der Waals surface area (Å²) in [5.74, 6) is -0.292. The number of amides is 1. The quantitative estimate of drug-likeness (QED) is 0.830. The van der Waals surface area contributed by atoms with Gasteiger partial charge < -0.3 is 10.3 Å². The molecule has 1 heterocycles. The first-order valence-corrected chi connectivity index (χ1v) is 7.44. The van der Waals surface area contributed by atoms with Gasteiger partial charge in [0, 0.05) is 22.9 Å². The summed E-state index contributed by atoms with van der Waals surface area (Å²) < 4.78 is 0. The lowest BCUT2D eigenvalue weighted by atomic mass is 10.0. The lowest BCUT2D eigenvalue weighted by molar-refractivity contribution is 0.0906. The van der Waals surface area contributed by atoms with E-state index in [1.54, 1.807) is 24.4 Å². The van der Waals surface area contributed by atoms with Crippen molar-refractivity contribution in [3.05, 3.63) is 58.9 Å². The lowest BCUT2D eigenvalue weighted by Crippen LogP contribution is -2.42. The second kappa shape index (κ2) is 6.18. The van der Waals surface area contributed by atoms with Crippen molar-refractivity contribution in [2.75, 3.05) is 0 Å². The summed E-state index contributed by atoms with van der Waals surface area (Å²) in [4.78, 5) is 27.4. The predicted octanol–water partition coefficient (Wildman–Crippen LogP) is 3.47. The summed E-state index contributed by atoms with van der Waals surface area (Å²) in [7, 11) is 0. The molecule has 22 heavy (non-hydrogen) atoms. The predicted molar refractivity (Wildman–Crippen MR) is 87.2 cm³/mol. The fraction of sp³-hybridized carbons (Fsp3) is 0.333. The molecule has 0 saturated heterocycles. The van der Waals surface area contributed by atoms with Crippen LogP contribution in [0, 0.1) is 6.92 Å². The first-order valence-electron chi connectivity index (χ1n) is 7.44. The van der Waals surface area contributed by atoms with Crippen LogP contribution < -0.4 is 5.32 Å². The van der Waals surface area contributed by atoms with E-state index in [9.17, 15) is 9.59 Å². The Balaban J connectivity index is 2.16. The molecule has 0 unspecified atom stereocenters. The van der Waals surface area contributed by atoms with Gasteiger partial charge >= 0.3 is 0 Å². The second-order valence-electron chi connectivity index (χ2n) is 6.19. The van der Waals surface area contributed by atoms with Gasteiger partial charge in [0.15, 0.2) is 5.78 Å². The van der Waals surface area contributed by atoms with Gasteiger partial charge in [0.1, 0.15) is 5.69 Å². The molecule has 0 atom stereocenters. The maximum atomic E-state index is 12.4. The molecule has 0 radical (unpaired) electrons. The van der Waals surface area contributed by atoms with Crippen molar-refractivity contribution in [2.24, 2.45) is 0 Å². The largest absolute Gasteiger partial charge is 0.356 e. The lowest BCUT2D eigenvalue weighted by Gasteiger charge is -2.23. The van der Waals surface area contributed by atoms with Gasteiger partial charge in [-0.05, 0) is 33.3 Å². The third kappa shape index (κ3) is 3.64. The van der Waals surface area contributed by atoms with Gasteiger partial charge in [0.2, 0.25) is 0 Å². The molecule has 116 valence electrons. The zero-order valence-electron chi connectivity index (χ0n) is 13.5. The zero-order valence-corrected chi connectivity index (χ0v) is 13.5. The minimum Gasteiger partial charge on any atom is -0.356 e. The molecular weight excluding hydrogens is 276 g/mol. The smallest absolute Gasteiger partial charge is 0.268 e. The molecular formula is C18H22N2O2. The first-order chi connectivity index (χ1) is 10.3. The summed E-state index contributed by atoms with van der Waals surface area (Å²) in [6.07, 6.45) is 2.41. The van der Waals surface area contributed by atoms with E-state index in [0.29, 0.717) is 16.8 Å². The van der Waals surface area contributed by atoms with Gasteiger partial charge in [-0.3, -0.25) is 9.59 Å². The van der Waals surface area contributed by atoms with Crippen molar-refractivity contribution in [2.45, 2.75) is 39.7 Å². The van der Waals surface area contributed by atoms with Gasteiger partial charge in [-0.1, -0.05) is 36.8 Å². The monoisotopic (exact) mass is 298 g/mol. The fourth-order valence-corrected chi connectivity index (χ4v) is 1.99. The van der Waals surface area contributed by atoms with Gasteiger partial charge in [0.05, 0.1) is 0 Å². The van der Waals surface area contributed by atoms with E-state index >= 15 is 0 Å². The van der Waals surface area contributed by atoms with Crippen LogP contribution in [0.15, 0.2) is 36.5 Å². The minimum atomic E-state index is -0.274. The molecule has 1 amide bonds. The maximum Gasteiger partial charge on any atom is 0.268 e. The van der Waals surface area contributed by atoms with Crippen LogP contribution in [0.4, 0.5) is 0 Å². The number of hydrogen-bond donors (Lipinski definition) is 2. The normalized spacial score (nSPS) is 11.3. The number of hydrogen-bond acceptors (Lipinski definition) is 2. The third-order valence-electron chi connectivity index (χ3n) is 3.84. The Bertz CT molecular complexity index is 681. The van der Waals surface area contributed by atoms with Crippen molar-refractivity contribution in [3.63, 3.8) is 0 Å². The molecule has 0 spiro atoms. The van der Waals surface area contributed by atoms with Gasteiger partial charge in [-0.15, -0.1) is 0 Å². The van der Waals surface area contributed by atoms with Crippen LogP contribution in [0.5, 0.6) is 0 Å². The molecule has 2 rings (SSSR count). The van der Waals surface area contributed by atoms with Gasteiger partial charge in [-0.25, -0.2) is 0 Å². The van der Waals surface area contributed by atoms with Crippen LogP contribution in [-0.2, 0) is 0 Å². The number of aromatic amines is 1. The van der Waals surface area contributed by atoms with E-state index < -0.39 is 0 Å². The summed E-state index contributed by atoms with van der Waals surface area (Å²) in [6, 6.07) is 8.99. The van der Waals surface area contributed by atoms with Crippen LogP contribution in [0.1, 0.15) is 59.2 Å². The van der Waals surface area contributed by atoms with E-state index in [1.165, 1.54) is 0 Å². The van der Waals surface area contributed by atoms with Crippen molar-refractivity contribution in [1.82, 2.24) is 10.3 Å². The molecule has 4 nitrogen and oxygen atoms in total. The molecule has 0 saturated carbocycles. The van der Waals surface area contributed by atoms with Crippen molar-refractivity contribution >= 4 is 11.7 Å². The average molecular weight is 298 g/mol. The van der Waals surface area contributed by atoms with Crippen LogP contribution in [-0.4, -0.2) is 22.2 Å². The number of ketones is 1. The maximum absolute atomic E-state index is 12.4. The molecule has 4 heteroatoms. The van der Waals surface area contributed by atoms with E-state index in [0.717, 1.165) is 12.0 Å². The Morgan fingerprint density at radius 3 is 2.36 bits per heavy atom. The van der Waals surface area contributed by atoms with Crippen molar-refractivity contribution in [1.29, 1.82) is 0 Å². The van der Waals surface area contributed by atoms with E-state index in [1.807, 2.05) is 39.8 Å². The van der Waals surface area contributed by atoms with Crippen LogP contribution in [0.3, 0.4) is 0 Å². The van der Waals surface area contributed by atoms with Gasteiger partial charge in [0.25, 0.3) is 5.91 Å². The Hall–Kier alpha value is -2.36. The number of benzene rings is 1. The molecule has 1 aromatic heterocycles. The minimum absolute atomic E-state index is 0.0925. The summed E-state index contributed by atoms with van der Waals surface area (Å²) in [6.45, 7) is 7.92. The number of aryl methyl sites for hydroxylation is 1. The Labute approximate surface area is 130 Å². The highest BCUT2D eigenvalue weighted by Gasteiger charge is 2.21. The van der Waals surface area contributed by atoms with Crippen molar-refractivity contribution < 1.29 is 9.59 Å². The highest BCUT2D eigenvalue weighted by atomic mass is 16.2. The topological polar surface area (TPSA) is 62.0 Å². The van der Waals surface area contributed by atoms with Crippen LogP contribution in [0.25, 0.3) is 0 Å². The molecule has 2 aromatic rings. The number of carbonyl (C=O) groups is 2.